The third-order valence-corrected chi connectivity index (χ3v) is 3.63. The van der Waals surface area contributed by atoms with Crippen LogP contribution in [0.1, 0.15) is 5.56 Å². The molecule has 0 aliphatic heterocycles. The van der Waals surface area contributed by atoms with Crippen LogP contribution >= 0.6 is 0 Å². The molecule has 0 saturated carbocycles. The Hall–Kier alpha value is -0.140. The molecular formula is C9H13INO2S-. The van der Waals surface area contributed by atoms with Gasteiger partial charge in [0, 0.05) is 14.1 Å². The Morgan fingerprint density at radius 2 is 1.50 bits per heavy atom. The summed E-state index contributed by atoms with van der Waals surface area (Å²) in [5.41, 5.74) is 1.05. The maximum absolute atomic E-state index is 11.6. The fourth-order valence-electron chi connectivity index (χ4n) is 0.921. The summed E-state index contributed by atoms with van der Waals surface area (Å²) in [5.74, 6) is 0. The first kappa shape index (κ1) is 13.9. The van der Waals surface area contributed by atoms with Crippen LogP contribution in [0.4, 0.5) is 0 Å². The molecule has 1 aromatic rings. The Morgan fingerprint density at radius 1 is 1.07 bits per heavy atom. The zero-order valence-electron chi connectivity index (χ0n) is 8.36. The summed E-state index contributed by atoms with van der Waals surface area (Å²) in [4.78, 5) is 0.336. The molecule has 0 aromatic heterocycles. The summed E-state index contributed by atoms with van der Waals surface area (Å²) in [6, 6.07) is 6.81. The predicted molar refractivity (Wildman–Crippen MR) is 52.1 cm³/mol. The Bertz CT molecular complexity index is 384. The number of hydrogen-bond donors (Lipinski definition) is 0. The highest BCUT2D eigenvalue weighted by Gasteiger charge is 2.15. The van der Waals surface area contributed by atoms with Crippen molar-refractivity contribution in [1.29, 1.82) is 0 Å². The van der Waals surface area contributed by atoms with Crippen molar-refractivity contribution < 1.29 is 32.4 Å². The summed E-state index contributed by atoms with van der Waals surface area (Å²) < 4.78 is 24.3. The second-order valence-electron chi connectivity index (χ2n) is 3.10. The summed E-state index contributed by atoms with van der Waals surface area (Å²) in [6.45, 7) is 1.92. The largest absolute Gasteiger partial charge is 1.00 e. The van der Waals surface area contributed by atoms with E-state index in [1.165, 1.54) is 18.4 Å². The van der Waals surface area contributed by atoms with E-state index in [2.05, 4.69) is 0 Å². The molecule has 0 amide bonds. The topological polar surface area (TPSA) is 37.4 Å². The number of halogens is 1. The molecule has 0 radical (unpaired) electrons. The number of nitrogens with zero attached hydrogens (tertiary/aromatic N) is 1. The summed E-state index contributed by atoms with van der Waals surface area (Å²) in [6.07, 6.45) is 0. The lowest BCUT2D eigenvalue weighted by Gasteiger charge is -2.10. The minimum Gasteiger partial charge on any atom is -1.00 e. The SMILES string of the molecule is Cc1ccc(S(=O)(=O)N(C)C)cc1.[I-]. The van der Waals surface area contributed by atoms with Crippen LogP contribution in [0.5, 0.6) is 0 Å². The molecule has 0 N–H and O–H groups in total. The summed E-state index contributed by atoms with van der Waals surface area (Å²) >= 11 is 0. The maximum atomic E-state index is 11.6. The van der Waals surface area contributed by atoms with Crippen LogP contribution < -0.4 is 24.0 Å². The fourth-order valence-corrected chi connectivity index (χ4v) is 1.82. The monoisotopic (exact) mass is 326 g/mol. The van der Waals surface area contributed by atoms with Gasteiger partial charge in [0.1, 0.15) is 0 Å². The Labute approximate surface area is 102 Å². The first-order chi connectivity index (χ1) is 5.94. The van der Waals surface area contributed by atoms with Crippen LogP contribution in [0.25, 0.3) is 0 Å². The lowest BCUT2D eigenvalue weighted by atomic mass is 10.2. The number of aryl methyl sites for hydroxylation is 1. The molecule has 0 atom stereocenters. The van der Waals surface area contributed by atoms with Crippen molar-refractivity contribution in [2.45, 2.75) is 11.8 Å². The van der Waals surface area contributed by atoms with Crippen LogP contribution in [0.2, 0.25) is 0 Å². The van der Waals surface area contributed by atoms with Crippen LogP contribution in [-0.4, -0.2) is 26.8 Å². The zero-order chi connectivity index (χ0) is 10.1. The number of rotatable bonds is 2. The van der Waals surface area contributed by atoms with E-state index in [0.717, 1.165) is 5.56 Å². The molecule has 5 heteroatoms. The van der Waals surface area contributed by atoms with Crippen molar-refractivity contribution >= 4 is 10.0 Å². The van der Waals surface area contributed by atoms with E-state index in [-0.39, 0.29) is 24.0 Å². The third-order valence-electron chi connectivity index (χ3n) is 1.80. The van der Waals surface area contributed by atoms with E-state index in [0.29, 0.717) is 4.90 Å². The Morgan fingerprint density at radius 3 is 1.86 bits per heavy atom. The van der Waals surface area contributed by atoms with E-state index in [4.69, 9.17) is 0 Å². The standard InChI is InChI=1S/C9H13NO2S.HI/c1-8-4-6-9(7-5-8)13(11,12)10(2)3;/h4-7H,1-3H3;1H/p-1. The molecule has 0 spiro atoms. The van der Waals surface area contributed by atoms with Crippen molar-refractivity contribution in [3.05, 3.63) is 29.8 Å². The van der Waals surface area contributed by atoms with E-state index < -0.39 is 10.0 Å². The van der Waals surface area contributed by atoms with Crippen LogP contribution in [-0.2, 0) is 10.0 Å². The quantitative estimate of drug-likeness (QED) is 0.605. The van der Waals surface area contributed by atoms with Crippen LogP contribution in [0.15, 0.2) is 29.2 Å². The van der Waals surface area contributed by atoms with E-state index in [1.807, 2.05) is 6.92 Å². The normalized spacial score (nSPS) is 11.1. The zero-order valence-corrected chi connectivity index (χ0v) is 11.3. The average molecular weight is 326 g/mol. The molecule has 80 valence electrons. The van der Waals surface area contributed by atoms with Gasteiger partial charge >= 0.3 is 0 Å². The van der Waals surface area contributed by atoms with Gasteiger partial charge in [-0.3, -0.25) is 0 Å². The van der Waals surface area contributed by atoms with E-state index in [9.17, 15) is 8.42 Å². The number of hydrogen-bond acceptors (Lipinski definition) is 2. The van der Waals surface area contributed by atoms with Crippen molar-refractivity contribution in [3.63, 3.8) is 0 Å². The molecule has 14 heavy (non-hydrogen) atoms. The van der Waals surface area contributed by atoms with Gasteiger partial charge in [0.05, 0.1) is 4.90 Å². The van der Waals surface area contributed by atoms with Gasteiger partial charge in [-0.1, -0.05) is 17.7 Å². The number of benzene rings is 1. The second kappa shape index (κ2) is 5.09. The Balaban J connectivity index is 0.00000169. The molecule has 0 fully saturated rings. The lowest BCUT2D eigenvalue weighted by molar-refractivity contribution is -0.00000526. The van der Waals surface area contributed by atoms with Crippen molar-refractivity contribution in [2.24, 2.45) is 0 Å². The molecule has 3 nitrogen and oxygen atoms in total. The maximum Gasteiger partial charge on any atom is 0.242 e. The van der Waals surface area contributed by atoms with Gasteiger partial charge in [-0.25, -0.2) is 12.7 Å². The van der Waals surface area contributed by atoms with Crippen molar-refractivity contribution in [3.8, 4) is 0 Å². The van der Waals surface area contributed by atoms with Crippen LogP contribution in [0, 0.1) is 6.92 Å². The molecule has 0 heterocycles. The van der Waals surface area contributed by atoms with E-state index >= 15 is 0 Å². The molecule has 0 aliphatic rings. The van der Waals surface area contributed by atoms with Gasteiger partial charge in [0.15, 0.2) is 0 Å². The lowest BCUT2D eigenvalue weighted by Crippen LogP contribution is -3.00. The Kier molecular flexibility index (Phi) is 5.03. The first-order valence-electron chi connectivity index (χ1n) is 3.94. The molecule has 0 aliphatic carbocycles. The molecule has 0 saturated heterocycles. The predicted octanol–water partition coefficient (Wildman–Crippen LogP) is -1.75. The molecule has 1 aromatic carbocycles. The number of sulfonamides is 1. The van der Waals surface area contributed by atoms with E-state index in [1.54, 1.807) is 24.3 Å². The molecule has 1 rings (SSSR count). The highest BCUT2D eigenvalue weighted by atomic mass is 127. The molecular weight excluding hydrogens is 313 g/mol. The van der Waals surface area contributed by atoms with Crippen molar-refractivity contribution in [1.82, 2.24) is 4.31 Å². The van der Waals surface area contributed by atoms with Gasteiger partial charge in [-0.2, -0.15) is 0 Å². The third kappa shape index (κ3) is 2.93. The first-order valence-corrected chi connectivity index (χ1v) is 5.38. The summed E-state index contributed by atoms with van der Waals surface area (Å²) in [5, 5.41) is 0. The molecule has 0 unspecified atom stereocenters. The van der Waals surface area contributed by atoms with Crippen LogP contribution in [0.3, 0.4) is 0 Å². The van der Waals surface area contributed by atoms with Gasteiger partial charge in [0.25, 0.3) is 0 Å². The molecule has 0 bridgehead atoms. The minimum atomic E-state index is -3.26. The van der Waals surface area contributed by atoms with Gasteiger partial charge in [-0.05, 0) is 19.1 Å². The van der Waals surface area contributed by atoms with Crippen molar-refractivity contribution in [2.75, 3.05) is 14.1 Å². The summed E-state index contributed by atoms with van der Waals surface area (Å²) in [7, 11) is -0.214. The van der Waals surface area contributed by atoms with Gasteiger partial charge in [0.2, 0.25) is 10.0 Å². The van der Waals surface area contributed by atoms with Gasteiger partial charge in [-0.15, -0.1) is 0 Å². The highest BCUT2D eigenvalue weighted by Crippen LogP contribution is 2.12. The highest BCUT2D eigenvalue weighted by molar-refractivity contribution is 7.89. The smallest absolute Gasteiger partial charge is 0.242 e. The average Bonchev–Trinajstić information content (AvgIpc) is 2.04. The second-order valence-corrected chi connectivity index (χ2v) is 5.25. The van der Waals surface area contributed by atoms with Gasteiger partial charge < -0.3 is 24.0 Å². The minimum absolute atomic E-state index is 0. The fraction of sp³-hybridized carbons (Fsp3) is 0.333.